The third-order valence-electron chi connectivity index (χ3n) is 7.11. The molecular formula is C26H41N5O2Si. The Morgan fingerprint density at radius 2 is 1.91 bits per heavy atom. The topological polar surface area (TPSA) is 95.1 Å². The molecule has 8 heteroatoms. The Morgan fingerprint density at radius 3 is 2.44 bits per heavy atom. The second-order valence-corrected chi connectivity index (χ2v) is 16.9. The number of ether oxygens (including phenoxy) is 1. The summed E-state index contributed by atoms with van der Waals surface area (Å²) in [5.41, 5.74) is 11.0. The van der Waals surface area contributed by atoms with Gasteiger partial charge in [0.2, 0.25) is 5.91 Å². The SMILES string of the molecule is CCc1c(-c2ccc(NC(=O)[C@@H](N)C(C3CC3)C3CC3)cn2)c(C)nn1COCC[Si](C)(C)C. The minimum absolute atomic E-state index is 0.0907. The Labute approximate surface area is 204 Å². The number of hydrogen-bond donors (Lipinski definition) is 2. The molecule has 4 rings (SSSR count). The predicted octanol–water partition coefficient (Wildman–Crippen LogP) is 4.83. The number of nitrogens with two attached hydrogens (primary N) is 1. The summed E-state index contributed by atoms with van der Waals surface area (Å²) in [4.78, 5) is 17.5. The van der Waals surface area contributed by atoms with E-state index in [0.29, 0.717) is 30.2 Å². The number of aromatic nitrogens is 3. The number of nitrogens with zero attached hydrogens (tertiary/aromatic N) is 3. The van der Waals surface area contributed by atoms with Crippen molar-refractivity contribution < 1.29 is 9.53 Å². The number of aryl methyl sites for hydroxylation is 1. The second-order valence-electron chi connectivity index (χ2n) is 11.3. The van der Waals surface area contributed by atoms with Crippen molar-refractivity contribution in [3.8, 4) is 11.3 Å². The van der Waals surface area contributed by atoms with E-state index in [4.69, 9.17) is 15.6 Å². The Morgan fingerprint density at radius 1 is 1.24 bits per heavy atom. The number of carbonyl (C=O) groups excluding carboxylic acids is 1. The lowest BCUT2D eigenvalue weighted by Crippen LogP contribution is -2.43. The Balaban J connectivity index is 1.41. The molecule has 1 atom stereocenters. The lowest BCUT2D eigenvalue weighted by molar-refractivity contribution is -0.118. The van der Waals surface area contributed by atoms with Crippen molar-refractivity contribution in [2.75, 3.05) is 11.9 Å². The largest absolute Gasteiger partial charge is 0.360 e. The number of anilines is 1. The summed E-state index contributed by atoms with van der Waals surface area (Å²) in [5, 5.41) is 7.72. The number of amides is 1. The van der Waals surface area contributed by atoms with Crippen LogP contribution in [0.15, 0.2) is 18.3 Å². The van der Waals surface area contributed by atoms with E-state index in [2.05, 4.69) is 36.9 Å². The maximum absolute atomic E-state index is 12.8. The standard InChI is InChI=1S/C26H41N5O2Si/c1-6-22-23(17(2)30-31(22)16-33-13-14-34(3,4)5)21-12-11-20(15-28-21)29-26(32)25(27)24(18-7-8-18)19-9-10-19/h11-12,15,18-19,24-25H,6-10,13-14,16,27H2,1-5H3,(H,29,32)/t25-/m0/s1. The van der Waals surface area contributed by atoms with Gasteiger partial charge in [-0.25, -0.2) is 4.68 Å². The number of carbonyl (C=O) groups is 1. The van der Waals surface area contributed by atoms with Crippen LogP contribution < -0.4 is 11.1 Å². The molecule has 2 aromatic rings. The third-order valence-corrected chi connectivity index (χ3v) is 8.82. The molecule has 2 saturated carbocycles. The maximum atomic E-state index is 12.8. The first kappa shape index (κ1) is 25.1. The van der Waals surface area contributed by atoms with E-state index in [1.807, 2.05) is 23.7 Å². The first-order chi connectivity index (χ1) is 16.2. The van der Waals surface area contributed by atoms with E-state index in [1.54, 1.807) is 6.20 Å². The van der Waals surface area contributed by atoms with Crippen LogP contribution in [0.5, 0.6) is 0 Å². The monoisotopic (exact) mass is 483 g/mol. The molecule has 0 radical (unpaired) electrons. The van der Waals surface area contributed by atoms with Gasteiger partial charge in [-0.05, 0) is 75.0 Å². The molecule has 2 aliphatic rings. The molecule has 0 aromatic carbocycles. The summed E-state index contributed by atoms with van der Waals surface area (Å²) in [7, 11) is -1.11. The van der Waals surface area contributed by atoms with Crippen LogP contribution in [-0.2, 0) is 22.7 Å². The Kier molecular flexibility index (Phi) is 7.59. The minimum Gasteiger partial charge on any atom is -0.360 e. The Hall–Kier alpha value is -2.03. The van der Waals surface area contributed by atoms with Gasteiger partial charge < -0.3 is 15.8 Å². The van der Waals surface area contributed by atoms with Crippen molar-refractivity contribution in [2.24, 2.45) is 23.5 Å². The van der Waals surface area contributed by atoms with Gasteiger partial charge in [-0.2, -0.15) is 5.10 Å². The summed E-state index contributed by atoms with van der Waals surface area (Å²) >= 11 is 0. The van der Waals surface area contributed by atoms with Crippen LogP contribution in [0.3, 0.4) is 0 Å². The van der Waals surface area contributed by atoms with E-state index in [0.717, 1.165) is 41.7 Å². The minimum atomic E-state index is -1.11. The number of hydrogen-bond acceptors (Lipinski definition) is 5. The highest BCUT2D eigenvalue weighted by atomic mass is 28.3. The molecule has 7 nitrogen and oxygen atoms in total. The van der Waals surface area contributed by atoms with Crippen molar-refractivity contribution in [1.82, 2.24) is 14.8 Å². The maximum Gasteiger partial charge on any atom is 0.241 e. The zero-order valence-electron chi connectivity index (χ0n) is 21.4. The van der Waals surface area contributed by atoms with Crippen molar-refractivity contribution in [2.45, 2.75) is 84.4 Å². The summed E-state index contributed by atoms with van der Waals surface area (Å²) in [6.07, 6.45) is 7.43. The van der Waals surface area contributed by atoms with Crippen molar-refractivity contribution >= 4 is 19.7 Å². The van der Waals surface area contributed by atoms with Crippen LogP contribution in [-0.4, -0.2) is 41.4 Å². The van der Waals surface area contributed by atoms with E-state index >= 15 is 0 Å². The first-order valence-corrected chi connectivity index (χ1v) is 16.6. The van der Waals surface area contributed by atoms with Gasteiger partial charge in [0.25, 0.3) is 0 Å². The highest BCUT2D eigenvalue weighted by molar-refractivity contribution is 6.76. The lowest BCUT2D eigenvalue weighted by Gasteiger charge is -2.22. The van der Waals surface area contributed by atoms with Crippen LogP contribution in [0, 0.1) is 24.7 Å². The van der Waals surface area contributed by atoms with Gasteiger partial charge in [0.15, 0.2) is 0 Å². The predicted molar refractivity (Wildman–Crippen MR) is 139 cm³/mol. The fraction of sp³-hybridized carbons (Fsp3) is 0.654. The van der Waals surface area contributed by atoms with Gasteiger partial charge in [0.05, 0.1) is 35.0 Å². The summed E-state index contributed by atoms with van der Waals surface area (Å²) in [5.74, 6) is 1.52. The molecule has 0 aliphatic heterocycles. The number of rotatable bonds is 12. The molecule has 2 heterocycles. The molecule has 0 saturated heterocycles. The summed E-state index contributed by atoms with van der Waals surface area (Å²) in [6.45, 7) is 12.4. The molecule has 0 bridgehead atoms. The van der Waals surface area contributed by atoms with Crippen LogP contribution in [0.2, 0.25) is 25.7 Å². The molecule has 2 aromatic heterocycles. The van der Waals surface area contributed by atoms with Crippen molar-refractivity contribution in [1.29, 1.82) is 0 Å². The van der Waals surface area contributed by atoms with Gasteiger partial charge in [0.1, 0.15) is 6.73 Å². The van der Waals surface area contributed by atoms with Crippen LogP contribution in [0.25, 0.3) is 11.3 Å². The zero-order valence-corrected chi connectivity index (χ0v) is 22.4. The quantitative estimate of drug-likeness (QED) is 0.333. The second kappa shape index (κ2) is 10.3. The highest BCUT2D eigenvalue weighted by Gasteiger charge is 2.46. The van der Waals surface area contributed by atoms with Crippen molar-refractivity contribution in [3.63, 3.8) is 0 Å². The summed E-state index contributed by atoms with van der Waals surface area (Å²) < 4.78 is 7.90. The van der Waals surface area contributed by atoms with E-state index in [1.165, 1.54) is 25.7 Å². The van der Waals surface area contributed by atoms with Crippen LogP contribution in [0.1, 0.15) is 44.0 Å². The molecule has 0 unspecified atom stereocenters. The molecule has 0 spiro atoms. The lowest BCUT2D eigenvalue weighted by atomic mass is 9.89. The first-order valence-electron chi connectivity index (χ1n) is 12.8. The van der Waals surface area contributed by atoms with Gasteiger partial charge in [-0.3, -0.25) is 9.78 Å². The van der Waals surface area contributed by atoms with Crippen molar-refractivity contribution in [3.05, 3.63) is 29.7 Å². The molecule has 186 valence electrons. The van der Waals surface area contributed by atoms with Crippen LogP contribution in [0.4, 0.5) is 5.69 Å². The van der Waals surface area contributed by atoms with Gasteiger partial charge in [-0.1, -0.05) is 26.6 Å². The average molecular weight is 484 g/mol. The fourth-order valence-corrected chi connectivity index (χ4v) is 5.66. The van der Waals surface area contributed by atoms with Crippen LogP contribution >= 0.6 is 0 Å². The molecule has 1 amide bonds. The van der Waals surface area contributed by atoms with Gasteiger partial charge in [0, 0.05) is 20.2 Å². The zero-order chi connectivity index (χ0) is 24.5. The Bertz CT molecular complexity index is 978. The van der Waals surface area contributed by atoms with E-state index in [-0.39, 0.29) is 5.91 Å². The van der Waals surface area contributed by atoms with E-state index < -0.39 is 14.1 Å². The third kappa shape index (κ3) is 6.15. The average Bonchev–Trinajstić information content (AvgIpc) is 3.71. The molecule has 2 aliphatic carbocycles. The fourth-order valence-electron chi connectivity index (χ4n) is 4.91. The molecule has 34 heavy (non-hydrogen) atoms. The van der Waals surface area contributed by atoms with E-state index in [9.17, 15) is 4.79 Å². The smallest absolute Gasteiger partial charge is 0.241 e. The van der Waals surface area contributed by atoms with Gasteiger partial charge in [-0.15, -0.1) is 0 Å². The van der Waals surface area contributed by atoms with Gasteiger partial charge >= 0.3 is 0 Å². The molecule has 2 fully saturated rings. The molecular weight excluding hydrogens is 442 g/mol. The molecule has 3 N–H and O–H groups in total. The normalized spacial score (nSPS) is 17.3. The summed E-state index contributed by atoms with van der Waals surface area (Å²) in [6, 6.07) is 4.58. The number of nitrogens with one attached hydrogen (secondary N) is 1. The highest BCUT2D eigenvalue weighted by Crippen LogP contribution is 2.50. The number of pyridine rings is 1.